The van der Waals surface area contributed by atoms with Gasteiger partial charge in [0.2, 0.25) is 0 Å². The molecule has 7 nitrogen and oxygen atoms in total. The summed E-state index contributed by atoms with van der Waals surface area (Å²) in [4.78, 5) is 8.99. The highest BCUT2D eigenvalue weighted by molar-refractivity contribution is 7.92. The molecular weight excluding hydrogens is 422 g/mol. The van der Waals surface area contributed by atoms with Gasteiger partial charge < -0.3 is 10.3 Å². The van der Waals surface area contributed by atoms with Gasteiger partial charge in [0.05, 0.1) is 10.3 Å². The summed E-state index contributed by atoms with van der Waals surface area (Å²) >= 11 is 0. The molecule has 0 amide bonds. The summed E-state index contributed by atoms with van der Waals surface area (Å²) in [5.41, 5.74) is 10.5. The summed E-state index contributed by atoms with van der Waals surface area (Å²) in [5, 5.41) is 0.847. The normalized spacial score (nSPS) is 14.8. The number of hydrogen-bond donors (Lipinski definition) is 2. The van der Waals surface area contributed by atoms with Crippen LogP contribution in [0.5, 0.6) is 0 Å². The average molecular weight is 448 g/mol. The lowest BCUT2D eigenvalue weighted by Gasteiger charge is -2.12. The Morgan fingerprint density at radius 1 is 1.03 bits per heavy atom. The third kappa shape index (κ3) is 3.60. The van der Waals surface area contributed by atoms with Gasteiger partial charge in [0.15, 0.2) is 0 Å². The van der Waals surface area contributed by atoms with E-state index in [-0.39, 0.29) is 4.90 Å². The number of nitrogen functional groups attached to an aromatic ring is 1. The van der Waals surface area contributed by atoms with E-state index in [1.165, 1.54) is 19.2 Å². The lowest BCUT2D eigenvalue weighted by Crippen LogP contribution is -2.12. The topological polar surface area (TPSA) is 103 Å². The van der Waals surface area contributed by atoms with E-state index in [2.05, 4.69) is 25.5 Å². The Hall–Kier alpha value is -3.39. The molecule has 0 atom stereocenters. The van der Waals surface area contributed by atoms with E-state index in [4.69, 9.17) is 5.73 Å². The van der Waals surface area contributed by atoms with Crippen molar-refractivity contribution < 1.29 is 8.42 Å². The summed E-state index contributed by atoms with van der Waals surface area (Å²) in [6.07, 6.45) is 8.34. The van der Waals surface area contributed by atoms with Gasteiger partial charge in [-0.1, -0.05) is 37.1 Å². The second-order valence-electron chi connectivity index (χ2n) is 8.29. The van der Waals surface area contributed by atoms with Crippen LogP contribution >= 0.6 is 0 Å². The fourth-order valence-corrected chi connectivity index (χ4v) is 5.69. The van der Waals surface area contributed by atoms with Crippen molar-refractivity contribution in [3.63, 3.8) is 0 Å². The number of sulfonamides is 1. The molecule has 0 spiro atoms. The molecule has 4 aromatic rings. The van der Waals surface area contributed by atoms with E-state index in [1.807, 2.05) is 19.1 Å². The standard InChI is InChI=1S/C24H25N5O2S/c1-16-13-17(28-32(30,31)19-9-3-2-4-10-19)11-12-20(16)21-14-29(18-7-5-6-8-18)24-22(21)23(25)26-15-27-24/h2-4,9-15,18,28H,5-8H2,1H3,(H2,25,26,27). The highest BCUT2D eigenvalue weighted by Crippen LogP contribution is 2.40. The van der Waals surface area contributed by atoms with Crippen LogP contribution in [0.15, 0.2) is 66.0 Å². The van der Waals surface area contributed by atoms with Crippen molar-refractivity contribution in [1.82, 2.24) is 14.5 Å². The number of aryl methyl sites for hydroxylation is 1. The summed E-state index contributed by atoms with van der Waals surface area (Å²) < 4.78 is 30.3. The van der Waals surface area contributed by atoms with E-state index < -0.39 is 10.0 Å². The average Bonchev–Trinajstić information content (AvgIpc) is 3.43. The first kappa shape index (κ1) is 20.5. The van der Waals surface area contributed by atoms with Gasteiger partial charge in [-0.3, -0.25) is 4.72 Å². The number of aromatic nitrogens is 3. The molecule has 2 aromatic heterocycles. The summed E-state index contributed by atoms with van der Waals surface area (Å²) in [5.74, 6) is 0.454. The maximum absolute atomic E-state index is 12.7. The van der Waals surface area contributed by atoms with E-state index in [1.54, 1.807) is 36.4 Å². The number of fused-ring (bicyclic) bond motifs is 1. The largest absolute Gasteiger partial charge is 0.383 e. The number of nitrogens with two attached hydrogens (primary N) is 1. The molecule has 2 heterocycles. The quantitative estimate of drug-likeness (QED) is 0.453. The second-order valence-corrected chi connectivity index (χ2v) is 9.98. The molecule has 32 heavy (non-hydrogen) atoms. The van der Waals surface area contributed by atoms with Crippen molar-refractivity contribution in [3.05, 3.63) is 66.6 Å². The molecule has 0 unspecified atom stereocenters. The minimum atomic E-state index is -3.65. The number of anilines is 2. The van der Waals surface area contributed by atoms with Gasteiger partial charge in [0, 0.05) is 23.5 Å². The first-order valence-corrected chi connectivity index (χ1v) is 12.2. The number of hydrogen-bond acceptors (Lipinski definition) is 5. The van der Waals surface area contributed by atoms with E-state index in [0.717, 1.165) is 40.6 Å². The highest BCUT2D eigenvalue weighted by Gasteiger charge is 2.23. The van der Waals surface area contributed by atoms with Crippen LogP contribution in [0.2, 0.25) is 0 Å². The molecule has 0 radical (unpaired) electrons. The van der Waals surface area contributed by atoms with Crippen molar-refractivity contribution in [1.29, 1.82) is 0 Å². The third-order valence-corrected chi connectivity index (χ3v) is 7.58. The van der Waals surface area contributed by atoms with Crippen LogP contribution in [-0.2, 0) is 10.0 Å². The van der Waals surface area contributed by atoms with Gasteiger partial charge in [-0.05, 0) is 55.2 Å². The van der Waals surface area contributed by atoms with Crippen LogP contribution in [0, 0.1) is 6.92 Å². The minimum absolute atomic E-state index is 0.228. The van der Waals surface area contributed by atoms with Crippen LogP contribution in [0.25, 0.3) is 22.2 Å². The van der Waals surface area contributed by atoms with Crippen LogP contribution < -0.4 is 10.5 Å². The van der Waals surface area contributed by atoms with Crippen molar-refractivity contribution >= 4 is 32.6 Å². The van der Waals surface area contributed by atoms with Crippen molar-refractivity contribution in [2.45, 2.75) is 43.5 Å². The molecule has 8 heteroatoms. The Kier molecular flexibility index (Phi) is 5.09. The molecule has 164 valence electrons. The molecule has 0 saturated heterocycles. The first-order valence-electron chi connectivity index (χ1n) is 10.7. The zero-order valence-corrected chi connectivity index (χ0v) is 18.6. The van der Waals surface area contributed by atoms with Gasteiger partial charge in [0.1, 0.15) is 17.8 Å². The van der Waals surface area contributed by atoms with Crippen LogP contribution in [-0.4, -0.2) is 23.0 Å². The van der Waals surface area contributed by atoms with Crippen molar-refractivity contribution in [2.75, 3.05) is 10.5 Å². The zero-order chi connectivity index (χ0) is 22.3. The van der Waals surface area contributed by atoms with Gasteiger partial charge in [0.25, 0.3) is 10.0 Å². The molecule has 1 aliphatic rings. The third-order valence-electron chi connectivity index (χ3n) is 6.18. The zero-order valence-electron chi connectivity index (χ0n) is 17.8. The number of benzene rings is 2. The maximum Gasteiger partial charge on any atom is 0.261 e. The monoisotopic (exact) mass is 447 g/mol. The molecule has 1 fully saturated rings. The van der Waals surface area contributed by atoms with E-state index in [9.17, 15) is 8.42 Å². The molecule has 0 aliphatic heterocycles. The maximum atomic E-state index is 12.7. The number of rotatable bonds is 5. The van der Waals surface area contributed by atoms with E-state index >= 15 is 0 Å². The molecular formula is C24H25N5O2S. The van der Waals surface area contributed by atoms with E-state index in [0.29, 0.717) is 17.5 Å². The first-order chi connectivity index (χ1) is 15.4. The van der Waals surface area contributed by atoms with Crippen molar-refractivity contribution in [2.24, 2.45) is 0 Å². The summed E-state index contributed by atoms with van der Waals surface area (Å²) in [6.45, 7) is 1.97. The highest BCUT2D eigenvalue weighted by atomic mass is 32.2. The van der Waals surface area contributed by atoms with Crippen molar-refractivity contribution in [3.8, 4) is 11.1 Å². The Labute approximate surface area is 187 Å². The fraction of sp³-hybridized carbons (Fsp3) is 0.250. The Morgan fingerprint density at radius 2 is 1.78 bits per heavy atom. The fourth-order valence-electron chi connectivity index (χ4n) is 4.62. The van der Waals surface area contributed by atoms with Crippen LogP contribution in [0.3, 0.4) is 0 Å². The lowest BCUT2D eigenvalue weighted by molar-refractivity contribution is 0.532. The number of nitrogens with one attached hydrogen (secondary N) is 1. The van der Waals surface area contributed by atoms with Crippen LogP contribution in [0.1, 0.15) is 37.3 Å². The number of nitrogens with zero attached hydrogens (tertiary/aromatic N) is 3. The predicted molar refractivity (Wildman–Crippen MR) is 127 cm³/mol. The van der Waals surface area contributed by atoms with Crippen LogP contribution in [0.4, 0.5) is 11.5 Å². The molecule has 5 rings (SSSR count). The smallest absolute Gasteiger partial charge is 0.261 e. The summed E-state index contributed by atoms with van der Waals surface area (Å²) in [7, 11) is -3.65. The molecule has 1 saturated carbocycles. The predicted octanol–water partition coefficient (Wildman–Crippen LogP) is 4.90. The molecule has 1 aliphatic carbocycles. The molecule has 3 N–H and O–H groups in total. The second kappa shape index (κ2) is 7.94. The van der Waals surface area contributed by atoms with Gasteiger partial charge in [-0.2, -0.15) is 0 Å². The minimum Gasteiger partial charge on any atom is -0.383 e. The summed E-state index contributed by atoms with van der Waals surface area (Å²) in [6, 6.07) is 14.3. The van der Waals surface area contributed by atoms with Gasteiger partial charge in [-0.15, -0.1) is 0 Å². The molecule has 0 bridgehead atoms. The Bertz CT molecular complexity index is 1390. The van der Waals surface area contributed by atoms with Gasteiger partial charge in [-0.25, -0.2) is 18.4 Å². The Balaban J connectivity index is 1.55. The molecule has 2 aromatic carbocycles. The Morgan fingerprint density at radius 3 is 2.50 bits per heavy atom. The lowest BCUT2D eigenvalue weighted by atomic mass is 10.0. The van der Waals surface area contributed by atoms with Gasteiger partial charge >= 0.3 is 0 Å². The SMILES string of the molecule is Cc1cc(NS(=O)(=O)c2ccccc2)ccc1-c1cn(C2CCCC2)c2ncnc(N)c12.